The van der Waals surface area contributed by atoms with E-state index in [2.05, 4.69) is 9.97 Å². The molecular formula is C11H14N4OS2. The molecule has 0 amide bonds. The van der Waals surface area contributed by atoms with Gasteiger partial charge in [0.15, 0.2) is 10.3 Å². The van der Waals surface area contributed by atoms with Crippen LogP contribution < -0.4 is 9.80 Å². The van der Waals surface area contributed by atoms with Crippen LogP contribution in [-0.2, 0) is 0 Å². The van der Waals surface area contributed by atoms with E-state index in [4.69, 9.17) is 0 Å². The number of thiazole rings is 2. The Labute approximate surface area is 114 Å². The van der Waals surface area contributed by atoms with Gasteiger partial charge in [0.1, 0.15) is 0 Å². The fourth-order valence-electron chi connectivity index (χ4n) is 1.27. The van der Waals surface area contributed by atoms with Crippen molar-refractivity contribution < 1.29 is 4.79 Å². The predicted molar refractivity (Wildman–Crippen MR) is 76.3 cm³/mol. The largest absolute Gasteiger partial charge is 0.354 e. The number of nitrogens with zero attached hydrogens (tertiary/aromatic N) is 4. The van der Waals surface area contributed by atoms with Crippen molar-refractivity contribution in [3.63, 3.8) is 0 Å². The second-order valence-electron chi connectivity index (χ2n) is 4.13. The van der Waals surface area contributed by atoms with Crippen LogP contribution in [0.25, 0.3) is 0 Å². The Morgan fingerprint density at radius 2 is 1.33 bits per heavy atom. The fraction of sp³-hybridized carbons (Fsp3) is 0.364. The van der Waals surface area contributed by atoms with Crippen molar-refractivity contribution in [1.29, 1.82) is 0 Å². The molecule has 0 aliphatic heterocycles. The highest BCUT2D eigenvalue weighted by molar-refractivity contribution is 7.20. The summed E-state index contributed by atoms with van der Waals surface area (Å²) in [4.78, 5) is 25.7. The van der Waals surface area contributed by atoms with E-state index in [1.54, 1.807) is 12.4 Å². The predicted octanol–water partition coefficient (Wildman–Crippen LogP) is 1.96. The minimum atomic E-state index is -0.00815. The zero-order chi connectivity index (χ0) is 13.3. The minimum absolute atomic E-state index is 0.00815. The molecule has 0 N–H and O–H groups in total. The average Bonchev–Trinajstić information content (AvgIpc) is 2.97. The number of carbonyl (C=O) groups is 1. The van der Waals surface area contributed by atoms with Gasteiger partial charge in [0.2, 0.25) is 5.78 Å². The lowest BCUT2D eigenvalue weighted by molar-refractivity contribution is 0.104. The number of carbonyl (C=O) groups excluding carboxylic acids is 1. The van der Waals surface area contributed by atoms with Gasteiger partial charge in [0.25, 0.3) is 0 Å². The Kier molecular flexibility index (Phi) is 3.63. The standard InChI is InChI=1S/C11H14N4OS2/c1-14(2)10-12-5-7(17-10)9(16)8-6-13-11(18-8)15(3)4/h5-6H,1-4H3. The maximum absolute atomic E-state index is 12.2. The molecule has 7 heteroatoms. The van der Waals surface area contributed by atoms with Crippen LogP contribution in [0.5, 0.6) is 0 Å². The second-order valence-corrected chi connectivity index (χ2v) is 6.15. The molecule has 0 aliphatic carbocycles. The molecule has 18 heavy (non-hydrogen) atoms. The van der Waals surface area contributed by atoms with E-state index in [0.29, 0.717) is 9.75 Å². The summed E-state index contributed by atoms with van der Waals surface area (Å²) in [5.41, 5.74) is 0. The van der Waals surface area contributed by atoms with Crippen LogP contribution in [0, 0.1) is 0 Å². The molecule has 0 aliphatic rings. The van der Waals surface area contributed by atoms with Crippen LogP contribution in [0.3, 0.4) is 0 Å². The molecular weight excluding hydrogens is 268 g/mol. The molecule has 0 radical (unpaired) electrons. The molecule has 96 valence electrons. The highest BCUT2D eigenvalue weighted by atomic mass is 32.1. The van der Waals surface area contributed by atoms with E-state index in [1.165, 1.54) is 22.7 Å². The molecule has 0 saturated heterocycles. The Bertz CT molecular complexity index is 511. The van der Waals surface area contributed by atoms with E-state index < -0.39 is 0 Å². The summed E-state index contributed by atoms with van der Waals surface area (Å²) in [6.07, 6.45) is 3.24. The zero-order valence-electron chi connectivity index (χ0n) is 10.7. The average molecular weight is 282 g/mol. The molecule has 2 rings (SSSR count). The Morgan fingerprint density at radius 1 is 0.944 bits per heavy atom. The molecule has 2 heterocycles. The van der Waals surface area contributed by atoms with Gasteiger partial charge in [0, 0.05) is 28.2 Å². The normalized spacial score (nSPS) is 10.4. The summed E-state index contributed by atoms with van der Waals surface area (Å²) in [5.74, 6) is -0.00815. The van der Waals surface area contributed by atoms with Gasteiger partial charge < -0.3 is 9.80 Å². The summed E-state index contributed by atoms with van der Waals surface area (Å²) in [5, 5.41) is 1.66. The smallest absolute Gasteiger partial charge is 0.216 e. The van der Waals surface area contributed by atoms with Crippen LogP contribution in [0.4, 0.5) is 10.3 Å². The lowest BCUT2D eigenvalue weighted by Crippen LogP contribution is -2.07. The van der Waals surface area contributed by atoms with Gasteiger partial charge in [-0.05, 0) is 0 Å². The Hall–Kier alpha value is -1.47. The SMILES string of the molecule is CN(C)c1ncc(C(=O)c2cnc(N(C)C)s2)s1. The van der Waals surface area contributed by atoms with Crippen molar-refractivity contribution in [1.82, 2.24) is 9.97 Å². The van der Waals surface area contributed by atoms with Gasteiger partial charge >= 0.3 is 0 Å². The topological polar surface area (TPSA) is 49.3 Å². The van der Waals surface area contributed by atoms with E-state index in [9.17, 15) is 4.79 Å². The molecule has 2 aromatic heterocycles. The number of aromatic nitrogens is 2. The Balaban J connectivity index is 2.24. The highest BCUT2D eigenvalue weighted by Crippen LogP contribution is 2.27. The molecule has 0 fully saturated rings. The fourth-order valence-corrected chi connectivity index (χ4v) is 2.92. The first-order valence-corrected chi connectivity index (χ1v) is 6.93. The van der Waals surface area contributed by atoms with Gasteiger partial charge in [-0.25, -0.2) is 9.97 Å². The van der Waals surface area contributed by atoms with Crippen LogP contribution in [0.15, 0.2) is 12.4 Å². The van der Waals surface area contributed by atoms with Crippen molar-refractivity contribution in [3.8, 4) is 0 Å². The zero-order valence-corrected chi connectivity index (χ0v) is 12.3. The summed E-state index contributed by atoms with van der Waals surface area (Å²) in [6, 6.07) is 0. The molecule has 0 aromatic carbocycles. The van der Waals surface area contributed by atoms with Crippen molar-refractivity contribution >= 4 is 38.7 Å². The van der Waals surface area contributed by atoms with E-state index in [-0.39, 0.29) is 5.78 Å². The van der Waals surface area contributed by atoms with Gasteiger partial charge in [-0.15, -0.1) is 0 Å². The van der Waals surface area contributed by atoms with Crippen LogP contribution in [0.1, 0.15) is 14.5 Å². The summed E-state index contributed by atoms with van der Waals surface area (Å²) in [7, 11) is 7.63. The lowest BCUT2D eigenvalue weighted by Gasteiger charge is -2.05. The number of rotatable bonds is 4. The van der Waals surface area contributed by atoms with Crippen molar-refractivity contribution in [3.05, 3.63) is 22.1 Å². The maximum atomic E-state index is 12.2. The third-order valence-electron chi connectivity index (χ3n) is 2.20. The first-order valence-electron chi connectivity index (χ1n) is 5.30. The molecule has 0 atom stereocenters. The minimum Gasteiger partial charge on any atom is -0.354 e. The molecule has 0 spiro atoms. The van der Waals surface area contributed by atoms with Gasteiger partial charge in [-0.2, -0.15) is 0 Å². The number of ketones is 1. The maximum Gasteiger partial charge on any atom is 0.216 e. The second kappa shape index (κ2) is 5.03. The number of hydrogen-bond acceptors (Lipinski definition) is 7. The lowest BCUT2D eigenvalue weighted by atomic mass is 10.3. The van der Waals surface area contributed by atoms with E-state index in [1.807, 2.05) is 38.0 Å². The molecule has 0 unspecified atom stereocenters. The molecule has 2 aromatic rings. The third-order valence-corrected chi connectivity index (χ3v) is 4.53. The monoisotopic (exact) mass is 282 g/mol. The van der Waals surface area contributed by atoms with Crippen molar-refractivity contribution in [2.45, 2.75) is 0 Å². The Morgan fingerprint density at radius 3 is 1.61 bits per heavy atom. The quantitative estimate of drug-likeness (QED) is 0.802. The number of anilines is 2. The van der Waals surface area contributed by atoms with Crippen molar-refractivity contribution in [2.24, 2.45) is 0 Å². The van der Waals surface area contributed by atoms with Crippen LogP contribution >= 0.6 is 22.7 Å². The molecule has 0 bridgehead atoms. The highest BCUT2D eigenvalue weighted by Gasteiger charge is 2.17. The number of hydrogen-bond donors (Lipinski definition) is 0. The van der Waals surface area contributed by atoms with Gasteiger partial charge in [-0.1, -0.05) is 22.7 Å². The molecule has 5 nitrogen and oxygen atoms in total. The van der Waals surface area contributed by atoms with Crippen LogP contribution in [-0.4, -0.2) is 43.9 Å². The van der Waals surface area contributed by atoms with Crippen molar-refractivity contribution in [2.75, 3.05) is 38.0 Å². The molecule has 0 saturated carbocycles. The van der Waals surface area contributed by atoms with Gasteiger partial charge in [0.05, 0.1) is 22.1 Å². The first kappa shape index (κ1) is 13.0. The third kappa shape index (κ3) is 2.51. The van der Waals surface area contributed by atoms with E-state index in [0.717, 1.165) is 10.3 Å². The van der Waals surface area contributed by atoms with Gasteiger partial charge in [-0.3, -0.25) is 4.79 Å². The summed E-state index contributed by atoms with van der Waals surface area (Å²) >= 11 is 2.78. The van der Waals surface area contributed by atoms with Crippen LogP contribution in [0.2, 0.25) is 0 Å². The summed E-state index contributed by atoms with van der Waals surface area (Å²) in [6.45, 7) is 0. The summed E-state index contributed by atoms with van der Waals surface area (Å²) < 4.78 is 0. The first-order chi connectivity index (χ1) is 8.49. The van der Waals surface area contributed by atoms with E-state index >= 15 is 0 Å².